The highest BCUT2D eigenvalue weighted by Crippen LogP contribution is 2.34. The van der Waals surface area contributed by atoms with E-state index in [9.17, 15) is 8.76 Å². The predicted octanol–water partition coefficient (Wildman–Crippen LogP) is 3.85. The van der Waals surface area contributed by atoms with Gasteiger partial charge in [-0.25, -0.2) is 15.0 Å². The monoisotopic (exact) mass is 547 g/mol. The van der Waals surface area contributed by atoms with E-state index in [1.165, 1.54) is 34.8 Å². The highest BCUT2D eigenvalue weighted by atomic mass is 32.3. The molecule has 0 amide bonds. The van der Waals surface area contributed by atoms with E-state index in [2.05, 4.69) is 15.0 Å². The van der Waals surface area contributed by atoms with Crippen molar-refractivity contribution < 1.29 is 18.2 Å². The second kappa shape index (κ2) is 10.7. The lowest BCUT2D eigenvalue weighted by Gasteiger charge is -2.25. The average Bonchev–Trinajstić information content (AvgIpc) is 3.44. The maximum absolute atomic E-state index is 13.1. The third kappa shape index (κ3) is 5.27. The van der Waals surface area contributed by atoms with Gasteiger partial charge in [0, 0.05) is 50.3 Å². The van der Waals surface area contributed by atoms with Crippen molar-refractivity contribution in [2.75, 3.05) is 33.2 Å². The molecule has 0 aliphatic rings. The Kier molecular flexibility index (Phi) is 7.19. The third-order valence-electron chi connectivity index (χ3n) is 6.00. The van der Waals surface area contributed by atoms with Crippen molar-refractivity contribution in [2.45, 2.75) is 6.54 Å². The summed E-state index contributed by atoms with van der Waals surface area (Å²) in [7, 11) is 2.63. The summed E-state index contributed by atoms with van der Waals surface area (Å²) in [4.78, 5) is 24.4. The molecule has 5 rings (SSSR count). The molecule has 0 fully saturated rings. The van der Waals surface area contributed by atoms with Crippen LogP contribution in [-0.2, 0) is 21.3 Å². The number of benzene rings is 1. The van der Waals surface area contributed by atoms with Gasteiger partial charge in [-0.15, -0.1) is 8.53 Å². The van der Waals surface area contributed by atoms with E-state index in [0.717, 1.165) is 5.56 Å². The summed E-state index contributed by atoms with van der Waals surface area (Å²) in [6.45, 7) is 0.102. The van der Waals surface area contributed by atoms with E-state index < -0.39 is 10.6 Å². The minimum Gasteiger partial charge on any atom is -0.497 e. The maximum Gasteiger partial charge on any atom is 0.403 e. The molecule has 200 valence electrons. The molecule has 4 heterocycles. The van der Waals surface area contributed by atoms with Gasteiger partial charge < -0.3 is 14.4 Å². The van der Waals surface area contributed by atoms with Crippen LogP contribution < -0.4 is 14.4 Å². The SMILES string of the molecule is COc1cc(OC)cc(N(Cc2nccn2[S+](=O)(O)N(C)C)c2ccc3ncc(-c4ccncc4)nc3n2)c1. The summed E-state index contributed by atoms with van der Waals surface area (Å²) < 4.78 is 37.3. The van der Waals surface area contributed by atoms with Gasteiger partial charge in [0.25, 0.3) is 0 Å². The molecule has 0 saturated carbocycles. The molecule has 1 atom stereocenters. The van der Waals surface area contributed by atoms with Gasteiger partial charge in [-0.2, -0.15) is 0 Å². The van der Waals surface area contributed by atoms with E-state index in [-0.39, 0.29) is 6.54 Å². The van der Waals surface area contributed by atoms with E-state index in [4.69, 9.17) is 19.4 Å². The Morgan fingerprint density at radius 2 is 1.67 bits per heavy atom. The van der Waals surface area contributed by atoms with Gasteiger partial charge in [-0.05, 0) is 28.5 Å². The van der Waals surface area contributed by atoms with Crippen molar-refractivity contribution >= 4 is 33.3 Å². The number of methoxy groups -OCH3 is 2. The number of rotatable bonds is 9. The van der Waals surface area contributed by atoms with Crippen molar-refractivity contribution in [3.8, 4) is 22.8 Å². The quantitative estimate of drug-likeness (QED) is 0.271. The molecule has 5 aromatic rings. The molecule has 0 aliphatic carbocycles. The fourth-order valence-electron chi connectivity index (χ4n) is 3.92. The van der Waals surface area contributed by atoms with Crippen LogP contribution in [0.1, 0.15) is 5.82 Å². The van der Waals surface area contributed by atoms with Crippen LogP contribution in [0.2, 0.25) is 0 Å². The molecule has 0 aliphatic heterocycles. The normalized spacial score (nSPS) is 12.9. The fourth-order valence-corrected chi connectivity index (χ4v) is 4.86. The number of pyridine rings is 2. The van der Waals surface area contributed by atoms with Crippen LogP contribution in [0.15, 0.2) is 73.4 Å². The first kappa shape index (κ1) is 26.2. The van der Waals surface area contributed by atoms with Crippen molar-refractivity contribution in [2.24, 2.45) is 0 Å². The van der Waals surface area contributed by atoms with Gasteiger partial charge in [0.15, 0.2) is 11.5 Å². The predicted molar refractivity (Wildman–Crippen MR) is 148 cm³/mol. The summed E-state index contributed by atoms with van der Waals surface area (Å²) in [6, 6.07) is 12.7. The zero-order chi connectivity index (χ0) is 27.6. The molecule has 4 aromatic heterocycles. The highest BCUT2D eigenvalue weighted by Gasteiger charge is 2.35. The molecule has 1 N–H and O–H groups in total. The zero-order valence-corrected chi connectivity index (χ0v) is 22.6. The summed E-state index contributed by atoms with van der Waals surface area (Å²) in [5, 5.41) is 0. The first-order valence-electron chi connectivity index (χ1n) is 11.8. The van der Waals surface area contributed by atoms with Crippen LogP contribution in [-0.4, -0.2) is 66.1 Å². The maximum atomic E-state index is 13.1. The number of hydrogen-bond donors (Lipinski definition) is 1. The molecule has 13 heteroatoms. The lowest BCUT2D eigenvalue weighted by Crippen LogP contribution is -2.36. The van der Waals surface area contributed by atoms with Gasteiger partial charge in [-0.3, -0.25) is 9.97 Å². The first-order chi connectivity index (χ1) is 18.8. The lowest BCUT2D eigenvalue weighted by molar-refractivity contribution is 0.394. The molecule has 0 radical (unpaired) electrons. The summed E-state index contributed by atoms with van der Waals surface area (Å²) in [5.74, 6) is 1.99. The Bertz CT molecular complexity index is 1640. The van der Waals surface area contributed by atoms with Crippen LogP contribution in [0.25, 0.3) is 22.4 Å². The summed E-state index contributed by atoms with van der Waals surface area (Å²) >= 11 is 0. The summed E-state index contributed by atoms with van der Waals surface area (Å²) in [5.41, 5.74) is 3.24. The Labute approximate surface area is 226 Å². The van der Waals surface area contributed by atoms with Crippen LogP contribution in [0.4, 0.5) is 11.5 Å². The van der Waals surface area contributed by atoms with Crippen LogP contribution in [0, 0.1) is 0 Å². The van der Waals surface area contributed by atoms with Gasteiger partial charge in [0.05, 0.1) is 50.7 Å². The Balaban J connectivity index is 1.65. The number of fused-ring (bicyclic) bond motifs is 1. The minimum atomic E-state index is -3.56. The molecule has 12 nitrogen and oxygen atoms in total. The number of anilines is 2. The van der Waals surface area contributed by atoms with E-state index in [1.54, 1.807) is 38.9 Å². The van der Waals surface area contributed by atoms with Gasteiger partial charge in [-0.1, -0.05) is 4.31 Å². The largest absolute Gasteiger partial charge is 0.497 e. The second-order valence-electron chi connectivity index (χ2n) is 8.61. The highest BCUT2D eigenvalue weighted by molar-refractivity contribution is 7.94. The molecule has 1 unspecified atom stereocenters. The Morgan fingerprint density at radius 1 is 0.949 bits per heavy atom. The average molecular weight is 548 g/mol. The molecule has 0 spiro atoms. The number of ether oxygens (including phenoxy) is 2. The second-order valence-corrected chi connectivity index (χ2v) is 10.7. The van der Waals surface area contributed by atoms with Gasteiger partial charge in [0.1, 0.15) is 22.8 Å². The minimum absolute atomic E-state index is 0.102. The van der Waals surface area contributed by atoms with Crippen molar-refractivity contribution in [1.29, 1.82) is 0 Å². The number of imidazole rings is 1. The Morgan fingerprint density at radius 3 is 2.33 bits per heavy atom. The van der Waals surface area contributed by atoms with Crippen molar-refractivity contribution in [3.63, 3.8) is 0 Å². The molecular weight excluding hydrogens is 520 g/mol. The number of nitrogens with zero attached hydrogens (tertiary/aromatic N) is 8. The molecule has 39 heavy (non-hydrogen) atoms. The lowest BCUT2D eigenvalue weighted by atomic mass is 10.2. The number of hydrogen-bond acceptors (Lipinski definition) is 9. The smallest absolute Gasteiger partial charge is 0.403 e. The van der Waals surface area contributed by atoms with Crippen LogP contribution >= 0.6 is 0 Å². The molecule has 1 aromatic carbocycles. The van der Waals surface area contributed by atoms with Gasteiger partial charge >= 0.3 is 10.6 Å². The summed E-state index contributed by atoms with van der Waals surface area (Å²) in [6.07, 6.45) is 8.04. The molecular formula is C26H27N8O4S+. The zero-order valence-electron chi connectivity index (χ0n) is 21.8. The number of aromatic nitrogens is 6. The molecule has 0 bridgehead atoms. The Hall–Kier alpha value is -4.46. The topological polar surface area (TPSA) is 132 Å². The van der Waals surface area contributed by atoms with Crippen LogP contribution in [0.5, 0.6) is 11.5 Å². The third-order valence-corrected chi connectivity index (χ3v) is 7.80. The van der Waals surface area contributed by atoms with E-state index >= 15 is 0 Å². The van der Waals surface area contributed by atoms with Gasteiger partial charge in [0.2, 0.25) is 0 Å². The fraction of sp³-hybridized carbons (Fsp3) is 0.192. The van der Waals surface area contributed by atoms with E-state index in [0.29, 0.717) is 45.7 Å². The van der Waals surface area contributed by atoms with Crippen molar-refractivity contribution in [3.05, 3.63) is 79.3 Å². The van der Waals surface area contributed by atoms with E-state index in [1.807, 2.05) is 41.3 Å². The molecule has 0 saturated heterocycles. The van der Waals surface area contributed by atoms with Crippen molar-refractivity contribution in [1.82, 2.24) is 33.2 Å². The standard InChI is InChI=1S/C26H26N8O4S/c1-32(2)39(35,36)34-12-11-28-25(34)17-33(19-13-20(37-3)15-21(14-19)38-4)24-6-5-22-26(31-24)30-23(16-29-22)18-7-9-27-10-8-18/h5-16H,17H2,1-4H3/p+1. The van der Waals surface area contributed by atoms with Crippen LogP contribution in [0.3, 0.4) is 0 Å². The first-order valence-corrected chi connectivity index (χ1v) is 13.2.